The summed E-state index contributed by atoms with van der Waals surface area (Å²) in [5.41, 5.74) is 20.1. The Hall–Kier alpha value is -6.52. The summed E-state index contributed by atoms with van der Waals surface area (Å²) in [6, 6.07) is 46.1. The molecule has 0 saturated carbocycles. The maximum absolute atomic E-state index is 6.85. The molecule has 9 aromatic rings. The van der Waals surface area contributed by atoms with Crippen LogP contribution in [0.4, 0.5) is 5.69 Å². The Morgan fingerprint density at radius 3 is 2.36 bits per heavy atom. The summed E-state index contributed by atoms with van der Waals surface area (Å²) in [4.78, 5) is 0. The molecule has 0 amide bonds. The van der Waals surface area contributed by atoms with E-state index in [4.69, 9.17) is 14.9 Å². The van der Waals surface area contributed by atoms with Gasteiger partial charge in [-0.05, 0) is 118 Å². The minimum absolute atomic E-state index is 0.310. The number of fused-ring (bicyclic) bond motifs is 9. The zero-order chi connectivity index (χ0) is 37.8. The van der Waals surface area contributed by atoms with Gasteiger partial charge < -0.3 is 19.5 Å². The van der Waals surface area contributed by atoms with E-state index in [9.17, 15) is 0 Å². The van der Waals surface area contributed by atoms with Crippen molar-refractivity contribution in [2.45, 2.75) is 52.2 Å². The predicted octanol–water partition coefficient (Wildman–Crippen LogP) is 14.2. The van der Waals surface area contributed by atoms with E-state index in [-0.39, 0.29) is 0 Å². The lowest BCUT2D eigenvalue weighted by atomic mass is 9.87. The van der Waals surface area contributed by atoms with Crippen LogP contribution in [0.3, 0.4) is 0 Å². The molecule has 274 valence electrons. The molecular weight excluding hydrogens is 685 g/mol. The third kappa shape index (κ3) is 5.59. The Bertz CT molecular complexity index is 3010. The van der Waals surface area contributed by atoms with Crippen LogP contribution in [0.25, 0.3) is 82.8 Å². The van der Waals surface area contributed by atoms with Gasteiger partial charge in [0.15, 0.2) is 0 Å². The van der Waals surface area contributed by atoms with Gasteiger partial charge in [0.25, 0.3) is 0 Å². The van der Waals surface area contributed by atoms with Crippen LogP contribution in [-0.2, 0) is 13.0 Å². The minimum Gasteiger partial charge on any atom is -0.487 e. The second kappa shape index (κ2) is 14.0. The Kier molecular flexibility index (Phi) is 8.48. The quantitative estimate of drug-likeness (QED) is 0.119. The monoisotopic (exact) mass is 728 g/mol. The molecule has 56 heavy (non-hydrogen) atoms. The van der Waals surface area contributed by atoms with Gasteiger partial charge in [0, 0.05) is 21.7 Å². The molecule has 1 atom stereocenters. The number of hydrogen-bond acceptors (Lipinski definition) is 3. The molecule has 0 fully saturated rings. The predicted molar refractivity (Wildman–Crippen MR) is 236 cm³/mol. The summed E-state index contributed by atoms with van der Waals surface area (Å²) in [6.07, 6.45) is 13.4. The highest BCUT2D eigenvalue weighted by molar-refractivity contribution is 6.15. The highest BCUT2D eigenvalue weighted by Crippen LogP contribution is 2.43. The molecule has 7 aromatic carbocycles. The van der Waals surface area contributed by atoms with E-state index in [2.05, 4.69) is 158 Å². The van der Waals surface area contributed by atoms with Crippen molar-refractivity contribution < 1.29 is 9.15 Å². The van der Waals surface area contributed by atoms with Crippen LogP contribution in [-0.4, -0.2) is 4.57 Å². The summed E-state index contributed by atoms with van der Waals surface area (Å²) in [7, 11) is 0. The van der Waals surface area contributed by atoms with Crippen LogP contribution >= 0.6 is 0 Å². The maximum Gasteiger partial charge on any atom is 0.143 e. The number of furan rings is 1. The van der Waals surface area contributed by atoms with Gasteiger partial charge in [-0.15, -0.1) is 0 Å². The van der Waals surface area contributed by atoms with E-state index < -0.39 is 0 Å². The summed E-state index contributed by atoms with van der Waals surface area (Å²) in [5.74, 6) is 0.654. The normalized spacial score (nSPS) is 13.5. The number of hydrogen-bond donors (Lipinski definition) is 1. The Morgan fingerprint density at radius 1 is 0.732 bits per heavy atom. The van der Waals surface area contributed by atoms with Crippen molar-refractivity contribution in [2.24, 2.45) is 0 Å². The van der Waals surface area contributed by atoms with Gasteiger partial charge in [-0.1, -0.05) is 123 Å². The molecular formula is C52H44N2O2. The molecule has 2 N–H and O–H groups in total. The first-order valence-corrected chi connectivity index (χ1v) is 19.9. The number of ether oxygens (including phenoxy) is 1. The van der Waals surface area contributed by atoms with Crippen molar-refractivity contribution in [3.8, 4) is 28.0 Å². The Morgan fingerprint density at radius 2 is 1.52 bits per heavy atom. The molecule has 4 heteroatoms. The van der Waals surface area contributed by atoms with E-state index in [1.807, 2.05) is 12.1 Å². The molecule has 1 unspecified atom stereocenters. The second-order valence-corrected chi connectivity index (χ2v) is 15.1. The fourth-order valence-corrected chi connectivity index (χ4v) is 9.15. The molecule has 0 aliphatic heterocycles. The fraction of sp³-hybridized carbons (Fsp3) is 0.154. The van der Waals surface area contributed by atoms with Crippen LogP contribution in [0.1, 0.15) is 55.8 Å². The number of nitrogens with two attached hydrogens (primary N) is 1. The van der Waals surface area contributed by atoms with Gasteiger partial charge >= 0.3 is 0 Å². The Balaban J connectivity index is 0.943. The number of nitrogen functional groups attached to an aromatic ring is 1. The van der Waals surface area contributed by atoms with Gasteiger partial charge in [0.1, 0.15) is 23.5 Å². The number of benzene rings is 7. The standard InChI is InChI=1S/C52H44N2O2/c1-3-12-37(13-4-2)54-45-20-10-9-18-42(45)50-39(19-11-21-46(50)54)34-24-22-33(23-25-34)32-55-48-29-28-47-51(52(48)53)43-27-26-36(31-49(43)56-47)44-30-35-14-5-6-15-38(35)40-16-7-8-17-41(40)44/h3,5,7-12,14,16-31,37H,4,6,13,15,32,53H2,1-2H3/b12-3-. The number of rotatable bonds is 9. The molecule has 0 spiro atoms. The van der Waals surface area contributed by atoms with Crippen molar-refractivity contribution in [1.82, 2.24) is 4.57 Å². The first kappa shape index (κ1) is 34.0. The highest BCUT2D eigenvalue weighted by atomic mass is 16.5. The van der Waals surface area contributed by atoms with Crippen LogP contribution in [0.2, 0.25) is 0 Å². The van der Waals surface area contributed by atoms with Gasteiger partial charge in [-0.2, -0.15) is 0 Å². The number of aryl methyl sites for hydroxylation is 1. The third-order valence-electron chi connectivity index (χ3n) is 11.7. The first-order chi connectivity index (χ1) is 27.6. The average molecular weight is 729 g/mol. The molecule has 10 rings (SSSR count). The van der Waals surface area contributed by atoms with E-state index in [1.165, 1.54) is 60.4 Å². The third-order valence-corrected chi connectivity index (χ3v) is 11.7. The lowest BCUT2D eigenvalue weighted by molar-refractivity contribution is 0.308. The molecule has 2 heterocycles. The molecule has 2 aromatic heterocycles. The lowest BCUT2D eigenvalue weighted by Crippen LogP contribution is -2.05. The smallest absolute Gasteiger partial charge is 0.143 e. The van der Waals surface area contributed by atoms with Crippen molar-refractivity contribution >= 4 is 66.3 Å². The SMILES string of the molecule is C/C=C\C(CCC)n1c2ccccc2c2c(-c3ccc(COc4ccc5oc6cc(-c7cc8c(c9ccccc79)CCC=C8)ccc6c5c4N)cc3)cccc21. The number of para-hydroxylation sites is 1. The molecule has 1 aliphatic carbocycles. The van der Waals surface area contributed by atoms with Crippen molar-refractivity contribution in [3.63, 3.8) is 0 Å². The van der Waals surface area contributed by atoms with E-state index in [0.29, 0.717) is 24.1 Å². The van der Waals surface area contributed by atoms with Crippen molar-refractivity contribution in [2.75, 3.05) is 5.73 Å². The van der Waals surface area contributed by atoms with Gasteiger partial charge in [-0.25, -0.2) is 0 Å². The zero-order valence-corrected chi connectivity index (χ0v) is 31.9. The summed E-state index contributed by atoms with van der Waals surface area (Å²) in [6.45, 7) is 4.78. The van der Waals surface area contributed by atoms with E-state index in [0.717, 1.165) is 58.7 Å². The van der Waals surface area contributed by atoms with Crippen molar-refractivity contribution in [1.29, 1.82) is 0 Å². The topological polar surface area (TPSA) is 53.3 Å². The average Bonchev–Trinajstić information content (AvgIpc) is 3.79. The molecule has 4 nitrogen and oxygen atoms in total. The van der Waals surface area contributed by atoms with E-state index in [1.54, 1.807) is 0 Å². The van der Waals surface area contributed by atoms with Gasteiger partial charge in [0.2, 0.25) is 0 Å². The minimum atomic E-state index is 0.310. The molecule has 0 radical (unpaired) electrons. The number of nitrogens with zero attached hydrogens (tertiary/aromatic N) is 1. The van der Waals surface area contributed by atoms with Crippen LogP contribution in [0, 0.1) is 0 Å². The summed E-state index contributed by atoms with van der Waals surface area (Å²) in [5, 5.41) is 7.06. The van der Waals surface area contributed by atoms with Crippen LogP contribution < -0.4 is 10.5 Å². The fourth-order valence-electron chi connectivity index (χ4n) is 9.15. The number of allylic oxidation sites excluding steroid dienone is 3. The zero-order valence-electron chi connectivity index (χ0n) is 31.9. The molecule has 0 bridgehead atoms. The van der Waals surface area contributed by atoms with Gasteiger partial charge in [0.05, 0.1) is 22.6 Å². The highest BCUT2D eigenvalue weighted by Gasteiger charge is 2.20. The molecule has 0 saturated heterocycles. The lowest BCUT2D eigenvalue weighted by Gasteiger charge is -2.17. The van der Waals surface area contributed by atoms with Gasteiger partial charge in [-0.3, -0.25) is 0 Å². The summed E-state index contributed by atoms with van der Waals surface area (Å²) >= 11 is 0. The van der Waals surface area contributed by atoms with E-state index >= 15 is 0 Å². The van der Waals surface area contributed by atoms with Crippen LogP contribution in [0.15, 0.2) is 150 Å². The number of aromatic nitrogens is 1. The van der Waals surface area contributed by atoms with Crippen molar-refractivity contribution in [3.05, 3.63) is 162 Å². The first-order valence-electron chi connectivity index (χ1n) is 19.9. The van der Waals surface area contributed by atoms with Crippen LogP contribution in [0.5, 0.6) is 5.75 Å². The second-order valence-electron chi connectivity index (χ2n) is 15.1. The number of anilines is 1. The maximum atomic E-state index is 6.85. The summed E-state index contributed by atoms with van der Waals surface area (Å²) < 4.78 is 15.4. The Labute approximate surface area is 327 Å². The molecule has 1 aliphatic rings. The largest absolute Gasteiger partial charge is 0.487 e.